The van der Waals surface area contributed by atoms with Gasteiger partial charge in [-0.25, -0.2) is 9.97 Å². The maximum absolute atomic E-state index is 12.4. The molecule has 24 heavy (non-hydrogen) atoms. The highest BCUT2D eigenvalue weighted by Crippen LogP contribution is 2.21. The molecule has 1 aliphatic heterocycles. The quantitative estimate of drug-likeness (QED) is 0.898. The number of anilines is 1. The third kappa shape index (κ3) is 3.96. The molecule has 1 saturated heterocycles. The largest absolute Gasteiger partial charge is 0.381 e. The van der Waals surface area contributed by atoms with Gasteiger partial charge in [0.2, 0.25) is 5.91 Å². The number of benzene rings is 1. The summed E-state index contributed by atoms with van der Waals surface area (Å²) in [4.78, 5) is 21.1. The Morgan fingerprint density at radius 1 is 1.33 bits per heavy atom. The molecule has 0 spiro atoms. The van der Waals surface area contributed by atoms with Crippen LogP contribution >= 0.6 is 0 Å². The van der Waals surface area contributed by atoms with Crippen molar-refractivity contribution in [2.75, 3.05) is 18.5 Å². The Labute approximate surface area is 141 Å². The number of hydrogen-bond acceptors (Lipinski definition) is 5. The fourth-order valence-electron chi connectivity index (χ4n) is 2.84. The van der Waals surface area contributed by atoms with Crippen molar-refractivity contribution in [2.45, 2.75) is 25.8 Å². The molecule has 1 aromatic heterocycles. The summed E-state index contributed by atoms with van der Waals surface area (Å²) in [5.74, 6) is 0.645. The monoisotopic (exact) mass is 326 g/mol. The van der Waals surface area contributed by atoms with Gasteiger partial charge < -0.3 is 15.8 Å². The number of hydrogen-bond donors (Lipinski definition) is 2. The molecule has 2 aromatic rings. The van der Waals surface area contributed by atoms with Crippen LogP contribution in [0.15, 0.2) is 36.5 Å². The molecule has 0 bridgehead atoms. The van der Waals surface area contributed by atoms with E-state index in [4.69, 9.17) is 10.5 Å². The summed E-state index contributed by atoms with van der Waals surface area (Å²) in [6.45, 7) is 3.27. The van der Waals surface area contributed by atoms with Crippen LogP contribution in [0.1, 0.15) is 18.5 Å². The first kappa shape index (κ1) is 16.5. The number of aryl methyl sites for hydroxylation is 1. The van der Waals surface area contributed by atoms with Crippen LogP contribution in [0.4, 0.5) is 5.69 Å². The minimum Gasteiger partial charge on any atom is -0.381 e. The second kappa shape index (κ2) is 7.51. The van der Waals surface area contributed by atoms with Crippen LogP contribution in [-0.4, -0.2) is 35.1 Å². The van der Waals surface area contributed by atoms with E-state index in [1.807, 2.05) is 37.3 Å². The Bertz CT molecular complexity index is 714. The maximum atomic E-state index is 12.4. The summed E-state index contributed by atoms with van der Waals surface area (Å²) >= 11 is 0. The fraction of sp³-hybridized carbons (Fsp3) is 0.389. The van der Waals surface area contributed by atoms with Crippen molar-refractivity contribution in [3.63, 3.8) is 0 Å². The lowest BCUT2D eigenvalue weighted by Gasteiger charge is -2.26. The van der Waals surface area contributed by atoms with Gasteiger partial charge in [-0.05, 0) is 43.9 Å². The number of nitrogens with two attached hydrogens (primary N) is 1. The average molecular weight is 326 g/mol. The highest BCUT2D eigenvalue weighted by molar-refractivity contribution is 5.95. The zero-order valence-corrected chi connectivity index (χ0v) is 13.7. The van der Waals surface area contributed by atoms with Crippen molar-refractivity contribution in [1.29, 1.82) is 0 Å². The van der Waals surface area contributed by atoms with Crippen LogP contribution in [-0.2, 0) is 9.53 Å². The molecule has 6 nitrogen and oxygen atoms in total. The fourth-order valence-corrected chi connectivity index (χ4v) is 2.84. The summed E-state index contributed by atoms with van der Waals surface area (Å²) in [7, 11) is 0. The summed E-state index contributed by atoms with van der Waals surface area (Å²) < 4.78 is 5.32. The number of rotatable bonds is 4. The van der Waals surface area contributed by atoms with E-state index in [1.165, 1.54) is 0 Å². The predicted molar refractivity (Wildman–Crippen MR) is 92.4 cm³/mol. The molecule has 3 rings (SSSR count). The molecule has 0 radical (unpaired) electrons. The molecule has 6 heteroatoms. The van der Waals surface area contributed by atoms with Gasteiger partial charge in [0.1, 0.15) is 0 Å². The van der Waals surface area contributed by atoms with Crippen LogP contribution < -0.4 is 11.1 Å². The Morgan fingerprint density at radius 3 is 2.88 bits per heavy atom. The van der Waals surface area contributed by atoms with Crippen molar-refractivity contribution < 1.29 is 9.53 Å². The van der Waals surface area contributed by atoms with E-state index in [0.717, 1.165) is 24.1 Å². The molecular weight excluding hydrogens is 304 g/mol. The SMILES string of the molecule is Cc1ccnc(-c2cccc(NC(=O)C(N)C3CCOCC3)c2)n1. The standard InChI is InChI=1S/C18H22N4O2/c1-12-5-8-20-17(21-12)14-3-2-4-15(11-14)22-18(23)16(19)13-6-9-24-10-7-13/h2-5,8,11,13,16H,6-7,9-10,19H2,1H3,(H,22,23). The van der Waals surface area contributed by atoms with Crippen LogP contribution in [0.3, 0.4) is 0 Å². The number of amides is 1. The van der Waals surface area contributed by atoms with E-state index in [0.29, 0.717) is 24.7 Å². The highest BCUT2D eigenvalue weighted by Gasteiger charge is 2.26. The Balaban J connectivity index is 1.71. The number of ether oxygens (including phenoxy) is 1. The molecule has 3 N–H and O–H groups in total. The summed E-state index contributed by atoms with van der Waals surface area (Å²) in [6, 6.07) is 8.83. The minimum atomic E-state index is -0.521. The molecule has 1 fully saturated rings. The molecule has 2 heterocycles. The molecular formula is C18H22N4O2. The van der Waals surface area contributed by atoms with E-state index in [-0.39, 0.29) is 11.8 Å². The molecule has 1 atom stereocenters. The zero-order valence-electron chi connectivity index (χ0n) is 13.7. The first-order valence-electron chi connectivity index (χ1n) is 8.18. The Kier molecular flexibility index (Phi) is 5.17. The molecule has 1 unspecified atom stereocenters. The summed E-state index contributed by atoms with van der Waals surface area (Å²) in [5.41, 5.74) is 8.57. The van der Waals surface area contributed by atoms with Gasteiger partial charge >= 0.3 is 0 Å². The smallest absolute Gasteiger partial charge is 0.241 e. The number of carbonyl (C=O) groups excluding carboxylic acids is 1. The van der Waals surface area contributed by atoms with Crippen LogP contribution in [0.5, 0.6) is 0 Å². The van der Waals surface area contributed by atoms with Crippen molar-refractivity contribution in [2.24, 2.45) is 11.7 Å². The Hall–Kier alpha value is -2.31. The molecule has 0 saturated carbocycles. The lowest BCUT2D eigenvalue weighted by atomic mass is 9.92. The van der Waals surface area contributed by atoms with Gasteiger partial charge in [0.05, 0.1) is 6.04 Å². The molecule has 1 aliphatic rings. The van der Waals surface area contributed by atoms with Gasteiger partial charge in [0, 0.05) is 36.4 Å². The van der Waals surface area contributed by atoms with Gasteiger partial charge in [-0.15, -0.1) is 0 Å². The second-order valence-corrected chi connectivity index (χ2v) is 6.07. The average Bonchev–Trinajstić information content (AvgIpc) is 2.62. The highest BCUT2D eigenvalue weighted by atomic mass is 16.5. The third-order valence-corrected chi connectivity index (χ3v) is 4.26. The first-order chi connectivity index (χ1) is 11.6. The van der Waals surface area contributed by atoms with Crippen molar-refractivity contribution in [3.8, 4) is 11.4 Å². The van der Waals surface area contributed by atoms with Gasteiger partial charge in [0.15, 0.2) is 5.82 Å². The van der Waals surface area contributed by atoms with Crippen LogP contribution in [0.2, 0.25) is 0 Å². The van der Waals surface area contributed by atoms with Crippen molar-refractivity contribution >= 4 is 11.6 Å². The van der Waals surface area contributed by atoms with Crippen molar-refractivity contribution in [3.05, 3.63) is 42.2 Å². The van der Waals surface area contributed by atoms with E-state index in [1.54, 1.807) is 6.20 Å². The number of aromatic nitrogens is 2. The lowest BCUT2D eigenvalue weighted by Crippen LogP contribution is -2.44. The van der Waals surface area contributed by atoms with Gasteiger partial charge in [0.25, 0.3) is 0 Å². The molecule has 1 amide bonds. The van der Waals surface area contributed by atoms with Crippen LogP contribution in [0, 0.1) is 12.8 Å². The number of carbonyl (C=O) groups is 1. The van der Waals surface area contributed by atoms with E-state index in [2.05, 4.69) is 15.3 Å². The third-order valence-electron chi connectivity index (χ3n) is 4.26. The summed E-state index contributed by atoms with van der Waals surface area (Å²) in [5, 5.41) is 2.90. The minimum absolute atomic E-state index is 0.163. The maximum Gasteiger partial charge on any atom is 0.241 e. The molecule has 0 aliphatic carbocycles. The van der Waals surface area contributed by atoms with E-state index in [9.17, 15) is 4.79 Å². The lowest BCUT2D eigenvalue weighted by molar-refractivity contribution is -0.119. The van der Waals surface area contributed by atoms with Gasteiger partial charge in [-0.2, -0.15) is 0 Å². The predicted octanol–water partition coefficient (Wildman–Crippen LogP) is 2.14. The Morgan fingerprint density at radius 2 is 2.12 bits per heavy atom. The zero-order chi connectivity index (χ0) is 16.9. The van der Waals surface area contributed by atoms with E-state index >= 15 is 0 Å². The first-order valence-corrected chi connectivity index (χ1v) is 8.18. The van der Waals surface area contributed by atoms with E-state index < -0.39 is 6.04 Å². The normalized spacial score (nSPS) is 16.6. The van der Waals surface area contributed by atoms with Gasteiger partial charge in [-0.1, -0.05) is 12.1 Å². The summed E-state index contributed by atoms with van der Waals surface area (Å²) in [6.07, 6.45) is 3.38. The number of nitrogens with one attached hydrogen (secondary N) is 1. The van der Waals surface area contributed by atoms with Gasteiger partial charge in [-0.3, -0.25) is 4.79 Å². The van der Waals surface area contributed by atoms with Crippen molar-refractivity contribution in [1.82, 2.24) is 9.97 Å². The number of nitrogens with zero attached hydrogens (tertiary/aromatic N) is 2. The molecule has 126 valence electrons. The molecule has 1 aromatic carbocycles. The second-order valence-electron chi connectivity index (χ2n) is 6.07. The topological polar surface area (TPSA) is 90.1 Å². The van der Waals surface area contributed by atoms with Crippen LogP contribution in [0.25, 0.3) is 11.4 Å².